The zero-order valence-electron chi connectivity index (χ0n) is 19.4. The van der Waals surface area contributed by atoms with E-state index in [0.29, 0.717) is 23.2 Å². The molecule has 0 spiro atoms. The predicted octanol–water partition coefficient (Wildman–Crippen LogP) is 4.53. The lowest BCUT2D eigenvalue weighted by Crippen LogP contribution is -2.22. The van der Waals surface area contributed by atoms with Gasteiger partial charge < -0.3 is 14.2 Å². The number of ether oxygens (including phenoxy) is 3. The van der Waals surface area contributed by atoms with Crippen molar-refractivity contribution in [1.29, 1.82) is 0 Å². The van der Waals surface area contributed by atoms with Crippen LogP contribution in [0, 0.1) is 0 Å². The van der Waals surface area contributed by atoms with Gasteiger partial charge in [0.2, 0.25) is 0 Å². The molecule has 0 atom stereocenters. The van der Waals surface area contributed by atoms with Gasteiger partial charge in [-0.25, -0.2) is 4.98 Å². The fourth-order valence-corrected chi connectivity index (χ4v) is 5.19. The zero-order valence-corrected chi connectivity index (χ0v) is 20.2. The molecule has 1 amide bonds. The van der Waals surface area contributed by atoms with Crippen molar-refractivity contribution in [1.82, 2.24) is 9.88 Å². The molecule has 1 saturated heterocycles. The first-order chi connectivity index (χ1) is 16.1. The molecule has 0 aliphatic carbocycles. The van der Waals surface area contributed by atoms with Gasteiger partial charge in [-0.2, -0.15) is 0 Å². The van der Waals surface area contributed by atoms with E-state index >= 15 is 0 Å². The topological polar surface area (TPSA) is 72.9 Å². The van der Waals surface area contributed by atoms with Crippen molar-refractivity contribution in [3.05, 3.63) is 53.1 Å². The summed E-state index contributed by atoms with van der Waals surface area (Å²) in [7, 11) is 5.40. The van der Waals surface area contributed by atoms with Gasteiger partial charge in [-0.1, -0.05) is 29.5 Å². The number of likely N-dealkylation sites (N-methyl/N-ethyl adjacent to an activating group) is 1. The fraction of sp³-hybridized carbons (Fsp3) is 0.440. The van der Waals surface area contributed by atoms with Crippen LogP contribution in [0.25, 0.3) is 10.2 Å². The molecule has 176 valence electrons. The summed E-state index contributed by atoms with van der Waals surface area (Å²) in [5.74, 6) is 0.991. The molecular formula is C25H31N3O4S. The molecule has 0 radical (unpaired) electrons. The van der Waals surface area contributed by atoms with Crippen LogP contribution in [-0.4, -0.2) is 63.4 Å². The monoisotopic (exact) mass is 469 g/mol. The van der Waals surface area contributed by atoms with Crippen molar-refractivity contribution >= 4 is 32.6 Å². The summed E-state index contributed by atoms with van der Waals surface area (Å²) < 4.78 is 17.3. The van der Waals surface area contributed by atoms with Crippen molar-refractivity contribution in [2.75, 3.05) is 52.9 Å². The lowest BCUT2D eigenvalue weighted by molar-refractivity contribution is 0.0856. The Hall–Kier alpha value is -2.52. The number of fused-ring (bicyclic) bond motifs is 1. The minimum Gasteiger partial charge on any atom is -0.494 e. The molecule has 1 aliphatic heterocycles. The molecule has 4 rings (SSSR count). The number of carbonyl (C=O) groups is 1. The van der Waals surface area contributed by atoms with E-state index < -0.39 is 0 Å². The molecule has 2 heterocycles. The van der Waals surface area contributed by atoms with Crippen molar-refractivity contribution in [3.8, 4) is 5.75 Å². The maximum atomic E-state index is 12.9. The predicted molar refractivity (Wildman–Crippen MR) is 132 cm³/mol. The van der Waals surface area contributed by atoms with Crippen molar-refractivity contribution in [2.24, 2.45) is 0 Å². The van der Waals surface area contributed by atoms with Crippen molar-refractivity contribution in [2.45, 2.75) is 25.3 Å². The standard InChI is InChI=1S/C25H31N3O4S/c1-28(12-15-30-2)16-17-4-6-19(7-5-17)24(29)27-25-26-22-21(31-3)9-8-20(23(22)33-25)18-10-13-32-14-11-18/h4-9,18H,10-16H2,1-3H3,(H,26,27,29). The summed E-state index contributed by atoms with van der Waals surface area (Å²) in [5.41, 5.74) is 3.82. The van der Waals surface area contributed by atoms with Gasteiger partial charge in [-0.05, 0) is 55.1 Å². The lowest BCUT2D eigenvalue weighted by Gasteiger charge is -2.23. The molecule has 0 unspecified atom stereocenters. The average Bonchev–Trinajstić information content (AvgIpc) is 3.26. The average molecular weight is 470 g/mol. The van der Waals surface area contributed by atoms with E-state index in [9.17, 15) is 4.79 Å². The first kappa shape index (κ1) is 23.6. The highest BCUT2D eigenvalue weighted by molar-refractivity contribution is 7.22. The summed E-state index contributed by atoms with van der Waals surface area (Å²) >= 11 is 1.51. The van der Waals surface area contributed by atoms with Crippen LogP contribution in [0.2, 0.25) is 0 Å². The van der Waals surface area contributed by atoms with Crippen LogP contribution in [0.5, 0.6) is 5.75 Å². The Morgan fingerprint density at radius 2 is 1.94 bits per heavy atom. The maximum Gasteiger partial charge on any atom is 0.257 e. The molecular weight excluding hydrogens is 438 g/mol. The highest BCUT2D eigenvalue weighted by Crippen LogP contribution is 2.40. The first-order valence-corrected chi connectivity index (χ1v) is 12.0. The highest BCUT2D eigenvalue weighted by atomic mass is 32.1. The summed E-state index contributed by atoms with van der Waals surface area (Å²) in [4.78, 5) is 19.8. The second-order valence-electron chi connectivity index (χ2n) is 8.32. The van der Waals surface area contributed by atoms with E-state index in [1.165, 1.54) is 16.9 Å². The van der Waals surface area contributed by atoms with E-state index in [2.05, 4.69) is 23.3 Å². The molecule has 3 aromatic rings. The third-order valence-corrected chi connectivity index (χ3v) is 7.00. The molecule has 8 heteroatoms. The summed E-state index contributed by atoms with van der Waals surface area (Å²) in [6, 6.07) is 11.8. The number of aromatic nitrogens is 1. The Balaban J connectivity index is 1.49. The van der Waals surface area contributed by atoms with Gasteiger partial charge in [-0.3, -0.25) is 15.0 Å². The van der Waals surface area contributed by atoms with Gasteiger partial charge in [0.15, 0.2) is 5.13 Å². The molecule has 0 saturated carbocycles. The first-order valence-electron chi connectivity index (χ1n) is 11.2. The number of amides is 1. The maximum absolute atomic E-state index is 12.9. The number of hydrogen-bond donors (Lipinski definition) is 1. The van der Waals surface area contributed by atoms with E-state index in [4.69, 9.17) is 19.2 Å². The zero-order chi connectivity index (χ0) is 23.2. The van der Waals surface area contributed by atoms with Crippen LogP contribution < -0.4 is 10.1 Å². The second kappa shape index (κ2) is 11.1. The number of benzene rings is 2. The van der Waals surface area contributed by atoms with E-state index in [-0.39, 0.29) is 5.91 Å². The molecule has 7 nitrogen and oxygen atoms in total. The Morgan fingerprint density at radius 1 is 1.18 bits per heavy atom. The molecule has 33 heavy (non-hydrogen) atoms. The van der Waals surface area contributed by atoms with E-state index in [1.54, 1.807) is 14.2 Å². The van der Waals surface area contributed by atoms with Gasteiger partial charge >= 0.3 is 0 Å². The summed E-state index contributed by atoms with van der Waals surface area (Å²) in [6.07, 6.45) is 1.99. The fourth-order valence-electron chi connectivity index (χ4n) is 4.12. The molecule has 2 aromatic carbocycles. The summed E-state index contributed by atoms with van der Waals surface area (Å²) in [6.45, 7) is 3.91. The number of carbonyl (C=O) groups excluding carboxylic acids is 1. The van der Waals surface area contributed by atoms with Crippen LogP contribution in [0.1, 0.15) is 40.2 Å². The van der Waals surface area contributed by atoms with Gasteiger partial charge in [0.1, 0.15) is 11.3 Å². The largest absolute Gasteiger partial charge is 0.494 e. The number of nitrogens with zero attached hydrogens (tertiary/aromatic N) is 2. The van der Waals surface area contributed by atoms with Crippen molar-refractivity contribution < 1.29 is 19.0 Å². The smallest absolute Gasteiger partial charge is 0.257 e. The van der Waals surface area contributed by atoms with Crippen LogP contribution >= 0.6 is 11.3 Å². The van der Waals surface area contributed by atoms with Crippen LogP contribution in [0.3, 0.4) is 0 Å². The van der Waals surface area contributed by atoms with E-state index in [0.717, 1.165) is 60.7 Å². The van der Waals surface area contributed by atoms with Crippen molar-refractivity contribution in [3.63, 3.8) is 0 Å². The Labute approximate surface area is 198 Å². The minimum atomic E-state index is -0.167. The normalized spacial score (nSPS) is 14.7. The number of hydrogen-bond acceptors (Lipinski definition) is 7. The van der Waals surface area contributed by atoms with Crippen LogP contribution in [0.4, 0.5) is 5.13 Å². The lowest BCUT2D eigenvalue weighted by atomic mass is 9.91. The number of nitrogens with one attached hydrogen (secondary N) is 1. The van der Waals surface area contributed by atoms with Crippen LogP contribution in [0.15, 0.2) is 36.4 Å². The van der Waals surface area contributed by atoms with Gasteiger partial charge in [0.05, 0.1) is 18.4 Å². The Kier molecular flexibility index (Phi) is 7.93. The molecule has 0 bridgehead atoms. The quantitative estimate of drug-likeness (QED) is 0.496. The Morgan fingerprint density at radius 3 is 2.64 bits per heavy atom. The number of methoxy groups -OCH3 is 2. The second-order valence-corrected chi connectivity index (χ2v) is 9.32. The van der Waals surface area contributed by atoms with Crippen LogP contribution in [-0.2, 0) is 16.0 Å². The number of anilines is 1. The summed E-state index contributed by atoms with van der Waals surface area (Å²) in [5, 5.41) is 3.56. The molecule has 1 N–H and O–H groups in total. The number of thiazole rings is 1. The third kappa shape index (κ3) is 5.70. The molecule has 1 aromatic heterocycles. The Bertz CT molecular complexity index is 1080. The van der Waals surface area contributed by atoms with Gasteiger partial charge in [0, 0.05) is 39.0 Å². The number of rotatable bonds is 9. The molecule has 1 aliphatic rings. The highest BCUT2D eigenvalue weighted by Gasteiger charge is 2.22. The third-order valence-electron chi connectivity index (χ3n) is 5.98. The van der Waals surface area contributed by atoms with E-state index in [1.807, 2.05) is 30.3 Å². The van der Waals surface area contributed by atoms with Gasteiger partial charge in [-0.15, -0.1) is 0 Å². The van der Waals surface area contributed by atoms with Gasteiger partial charge in [0.25, 0.3) is 5.91 Å². The molecule has 1 fully saturated rings. The SMILES string of the molecule is COCCN(C)Cc1ccc(C(=O)Nc2nc3c(OC)ccc(C4CCOCC4)c3s2)cc1. The minimum absolute atomic E-state index is 0.167.